The number of nitrogens with one attached hydrogen (secondary N) is 1. The molecule has 17 heavy (non-hydrogen) atoms. The van der Waals surface area contributed by atoms with Gasteiger partial charge in [0.2, 0.25) is 0 Å². The van der Waals surface area contributed by atoms with E-state index in [9.17, 15) is 4.79 Å². The van der Waals surface area contributed by atoms with Crippen molar-refractivity contribution in [2.24, 2.45) is 0 Å². The number of benzene rings is 1. The van der Waals surface area contributed by atoms with E-state index < -0.39 is 0 Å². The predicted octanol–water partition coefficient (Wildman–Crippen LogP) is 1.61. The minimum Gasteiger partial charge on any atom is -0.398 e. The first kappa shape index (κ1) is 11.5. The van der Waals surface area contributed by atoms with Crippen LogP contribution in [0, 0.1) is 0 Å². The first-order valence-electron chi connectivity index (χ1n) is 5.11. The molecule has 1 aromatic carbocycles. The van der Waals surface area contributed by atoms with Crippen LogP contribution in [0.3, 0.4) is 0 Å². The molecule has 0 aliphatic rings. The molecule has 1 amide bonds. The normalized spacial score (nSPS) is 12.1. The minimum absolute atomic E-state index is 0.147. The fourth-order valence-corrected chi connectivity index (χ4v) is 1.94. The van der Waals surface area contributed by atoms with Crippen molar-refractivity contribution in [3.63, 3.8) is 0 Å². The summed E-state index contributed by atoms with van der Waals surface area (Å²) in [5.74, 6) is -0.184. The Balaban J connectivity index is 2.10. The van der Waals surface area contributed by atoms with Gasteiger partial charge in [-0.1, -0.05) is 22.7 Å². The van der Waals surface area contributed by atoms with Crippen molar-refractivity contribution >= 4 is 23.1 Å². The number of aromatic nitrogens is 2. The maximum absolute atomic E-state index is 11.8. The van der Waals surface area contributed by atoms with E-state index in [1.165, 1.54) is 6.20 Å². The minimum atomic E-state index is -0.184. The van der Waals surface area contributed by atoms with Gasteiger partial charge in [0, 0.05) is 5.69 Å². The van der Waals surface area contributed by atoms with Crippen LogP contribution in [0.1, 0.15) is 28.2 Å². The highest BCUT2D eigenvalue weighted by molar-refractivity contribution is 7.07. The van der Waals surface area contributed by atoms with Crippen LogP contribution in [0.25, 0.3) is 0 Å². The molecular formula is C11H12N4OS. The number of carbonyl (C=O) groups is 1. The second-order valence-electron chi connectivity index (χ2n) is 3.61. The van der Waals surface area contributed by atoms with Crippen molar-refractivity contribution in [2.45, 2.75) is 13.0 Å². The topological polar surface area (TPSA) is 80.9 Å². The van der Waals surface area contributed by atoms with Gasteiger partial charge < -0.3 is 11.1 Å². The molecule has 5 nitrogen and oxygen atoms in total. The Kier molecular flexibility index (Phi) is 3.34. The summed E-state index contributed by atoms with van der Waals surface area (Å²) < 4.78 is 3.65. The molecule has 0 aliphatic heterocycles. The molecule has 0 fully saturated rings. The molecule has 1 atom stereocenters. The zero-order valence-corrected chi connectivity index (χ0v) is 10.1. The van der Waals surface area contributed by atoms with Gasteiger partial charge in [-0.15, -0.1) is 5.10 Å². The second-order valence-corrected chi connectivity index (χ2v) is 4.39. The Labute approximate surface area is 103 Å². The van der Waals surface area contributed by atoms with E-state index in [1.807, 2.05) is 31.2 Å². The smallest absolute Gasteiger partial charge is 0.265 e. The van der Waals surface area contributed by atoms with Crippen molar-refractivity contribution in [3.8, 4) is 0 Å². The summed E-state index contributed by atoms with van der Waals surface area (Å²) in [7, 11) is 0. The SMILES string of the molecule is CC(NC(=O)c1cnns1)c1ccccc1N. The number of hydrogen-bond acceptors (Lipinski definition) is 5. The first-order valence-corrected chi connectivity index (χ1v) is 5.88. The molecular weight excluding hydrogens is 236 g/mol. The molecule has 0 aliphatic carbocycles. The van der Waals surface area contributed by atoms with Crippen LogP contribution in [-0.4, -0.2) is 15.5 Å². The van der Waals surface area contributed by atoms with E-state index >= 15 is 0 Å². The maximum Gasteiger partial charge on any atom is 0.265 e. The molecule has 1 aromatic heterocycles. The quantitative estimate of drug-likeness (QED) is 0.809. The number of nitrogen functional groups attached to an aromatic ring is 1. The number of anilines is 1. The molecule has 3 N–H and O–H groups in total. The summed E-state index contributed by atoms with van der Waals surface area (Å²) >= 11 is 1.07. The van der Waals surface area contributed by atoms with Crippen LogP contribution in [0.2, 0.25) is 0 Å². The van der Waals surface area contributed by atoms with Crippen LogP contribution in [0.4, 0.5) is 5.69 Å². The average Bonchev–Trinajstić information content (AvgIpc) is 2.82. The summed E-state index contributed by atoms with van der Waals surface area (Å²) in [5, 5.41) is 6.47. The van der Waals surface area contributed by atoms with Gasteiger partial charge in [-0.2, -0.15) is 0 Å². The fourth-order valence-electron chi connectivity index (χ4n) is 1.52. The van der Waals surface area contributed by atoms with Crippen LogP contribution >= 0.6 is 11.5 Å². The maximum atomic E-state index is 11.8. The van der Waals surface area contributed by atoms with Crippen molar-refractivity contribution in [2.75, 3.05) is 5.73 Å². The van der Waals surface area contributed by atoms with Crippen molar-refractivity contribution < 1.29 is 4.79 Å². The van der Waals surface area contributed by atoms with Gasteiger partial charge in [-0.25, -0.2) is 0 Å². The third kappa shape index (κ3) is 2.59. The Morgan fingerprint density at radius 2 is 2.24 bits per heavy atom. The van der Waals surface area contributed by atoms with Gasteiger partial charge >= 0.3 is 0 Å². The molecule has 2 aromatic rings. The zero-order valence-electron chi connectivity index (χ0n) is 9.25. The molecule has 0 saturated heterocycles. The summed E-state index contributed by atoms with van der Waals surface area (Å²) in [6, 6.07) is 7.31. The highest BCUT2D eigenvalue weighted by Gasteiger charge is 2.14. The van der Waals surface area contributed by atoms with Crippen LogP contribution < -0.4 is 11.1 Å². The number of nitrogens with two attached hydrogens (primary N) is 1. The number of para-hydroxylation sites is 1. The van der Waals surface area contributed by atoms with Gasteiger partial charge in [0.05, 0.1) is 12.2 Å². The lowest BCUT2D eigenvalue weighted by Gasteiger charge is -2.15. The third-order valence-corrected chi connectivity index (χ3v) is 3.06. The monoisotopic (exact) mass is 248 g/mol. The molecule has 2 rings (SSSR count). The van der Waals surface area contributed by atoms with Crippen molar-refractivity contribution in [1.82, 2.24) is 14.9 Å². The predicted molar refractivity (Wildman–Crippen MR) is 66.6 cm³/mol. The number of carbonyl (C=O) groups excluding carboxylic acids is 1. The standard InChI is InChI=1S/C11H12N4OS/c1-7(8-4-2-3-5-9(8)12)14-11(16)10-6-13-15-17-10/h2-7H,12H2,1H3,(H,14,16). The van der Waals surface area contributed by atoms with Crippen molar-refractivity contribution in [1.29, 1.82) is 0 Å². The highest BCUT2D eigenvalue weighted by atomic mass is 32.1. The summed E-state index contributed by atoms with van der Waals surface area (Å²) in [5.41, 5.74) is 7.41. The van der Waals surface area contributed by atoms with Crippen LogP contribution in [0.5, 0.6) is 0 Å². The van der Waals surface area contributed by atoms with Gasteiger partial charge in [0.25, 0.3) is 5.91 Å². The molecule has 0 spiro atoms. The molecule has 88 valence electrons. The van der Waals surface area contributed by atoms with E-state index in [0.29, 0.717) is 10.6 Å². The van der Waals surface area contributed by atoms with Crippen LogP contribution in [0.15, 0.2) is 30.5 Å². The largest absolute Gasteiger partial charge is 0.398 e. The summed E-state index contributed by atoms with van der Waals surface area (Å²) in [4.78, 5) is 12.3. The number of hydrogen-bond donors (Lipinski definition) is 2. The Morgan fingerprint density at radius 1 is 1.47 bits per heavy atom. The Morgan fingerprint density at radius 3 is 2.88 bits per heavy atom. The molecule has 6 heteroatoms. The van der Waals surface area contributed by atoms with Gasteiger partial charge in [0.15, 0.2) is 0 Å². The van der Waals surface area contributed by atoms with Crippen LogP contribution in [-0.2, 0) is 0 Å². The molecule has 0 saturated carbocycles. The number of rotatable bonds is 3. The molecule has 1 heterocycles. The number of nitrogens with zero attached hydrogens (tertiary/aromatic N) is 2. The van der Waals surface area contributed by atoms with E-state index in [0.717, 1.165) is 17.1 Å². The summed E-state index contributed by atoms with van der Waals surface area (Å²) in [6.45, 7) is 1.89. The lowest BCUT2D eigenvalue weighted by molar-refractivity contribution is 0.0944. The lowest BCUT2D eigenvalue weighted by Crippen LogP contribution is -2.26. The second kappa shape index (κ2) is 4.92. The Bertz CT molecular complexity index is 512. The van der Waals surface area contributed by atoms with E-state index in [1.54, 1.807) is 0 Å². The highest BCUT2D eigenvalue weighted by Crippen LogP contribution is 2.19. The van der Waals surface area contributed by atoms with E-state index in [-0.39, 0.29) is 11.9 Å². The fraction of sp³-hybridized carbons (Fsp3) is 0.182. The lowest BCUT2D eigenvalue weighted by atomic mass is 10.1. The molecule has 0 bridgehead atoms. The first-order chi connectivity index (χ1) is 8.18. The number of amides is 1. The third-order valence-electron chi connectivity index (χ3n) is 2.40. The van der Waals surface area contributed by atoms with Gasteiger partial charge in [-0.05, 0) is 30.1 Å². The van der Waals surface area contributed by atoms with E-state index in [4.69, 9.17) is 5.73 Å². The van der Waals surface area contributed by atoms with Gasteiger partial charge in [-0.3, -0.25) is 4.79 Å². The molecule has 1 unspecified atom stereocenters. The van der Waals surface area contributed by atoms with Gasteiger partial charge in [0.1, 0.15) is 4.88 Å². The Hall–Kier alpha value is -1.95. The van der Waals surface area contributed by atoms with Crippen molar-refractivity contribution in [3.05, 3.63) is 40.9 Å². The average molecular weight is 248 g/mol. The zero-order chi connectivity index (χ0) is 12.3. The van der Waals surface area contributed by atoms with E-state index in [2.05, 4.69) is 14.9 Å². The molecule has 0 radical (unpaired) electrons. The summed E-state index contributed by atoms with van der Waals surface area (Å²) in [6.07, 6.45) is 1.45.